The Morgan fingerprint density at radius 2 is 2.00 bits per heavy atom. The van der Waals surface area contributed by atoms with Gasteiger partial charge in [0, 0.05) is 42.9 Å². The van der Waals surface area contributed by atoms with Crippen LogP contribution in [0.4, 0.5) is 10.3 Å². The Hall–Kier alpha value is -2.21. The van der Waals surface area contributed by atoms with Crippen LogP contribution in [-0.4, -0.2) is 35.7 Å². The molecule has 1 unspecified atom stereocenters. The predicted molar refractivity (Wildman–Crippen MR) is 95.5 cm³/mol. The first-order chi connectivity index (χ1) is 12.1. The molecule has 0 saturated carbocycles. The standard InChI is InChI=1S/C19H23FN4O/c1-11-12(2)22-19(24-5-3-4-6-24)23-17(11)16-9-14(20)7-13-8-15(10-21)25-18(13)16/h7,9,15H,3-6,8,10,21H2,1-2H3. The first kappa shape index (κ1) is 16.3. The van der Waals surface area contributed by atoms with Gasteiger partial charge in [0.2, 0.25) is 5.95 Å². The van der Waals surface area contributed by atoms with Crippen LogP contribution in [0, 0.1) is 19.7 Å². The van der Waals surface area contributed by atoms with Gasteiger partial charge in [-0.3, -0.25) is 0 Å². The van der Waals surface area contributed by atoms with E-state index in [2.05, 4.69) is 9.88 Å². The van der Waals surface area contributed by atoms with Crippen molar-refractivity contribution in [2.75, 3.05) is 24.5 Å². The normalized spacial score (nSPS) is 19.2. The second-order valence-electron chi connectivity index (χ2n) is 6.90. The van der Waals surface area contributed by atoms with Crippen molar-refractivity contribution in [3.05, 3.63) is 34.8 Å². The van der Waals surface area contributed by atoms with Crippen molar-refractivity contribution in [2.45, 2.75) is 39.2 Å². The summed E-state index contributed by atoms with van der Waals surface area (Å²) in [4.78, 5) is 11.6. The van der Waals surface area contributed by atoms with E-state index in [0.717, 1.165) is 54.4 Å². The average molecular weight is 342 g/mol. The molecule has 0 spiro atoms. The lowest BCUT2D eigenvalue weighted by molar-refractivity contribution is 0.242. The number of nitrogens with zero attached hydrogens (tertiary/aromatic N) is 3. The van der Waals surface area contributed by atoms with Gasteiger partial charge in [0.05, 0.1) is 5.69 Å². The van der Waals surface area contributed by atoms with Crippen molar-refractivity contribution < 1.29 is 9.13 Å². The van der Waals surface area contributed by atoms with Crippen LogP contribution in [-0.2, 0) is 6.42 Å². The van der Waals surface area contributed by atoms with Gasteiger partial charge in [-0.15, -0.1) is 0 Å². The maximum atomic E-state index is 14.2. The van der Waals surface area contributed by atoms with Crippen LogP contribution in [0.1, 0.15) is 29.7 Å². The molecule has 2 N–H and O–H groups in total. The molecule has 0 bridgehead atoms. The van der Waals surface area contributed by atoms with Crippen molar-refractivity contribution in [3.63, 3.8) is 0 Å². The summed E-state index contributed by atoms with van der Waals surface area (Å²) in [5, 5.41) is 0. The van der Waals surface area contributed by atoms with Crippen molar-refractivity contribution in [3.8, 4) is 17.0 Å². The third kappa shape index (κ3) is 2.84. The third-order valence-electron chi connectivity index (χ3n) is 5.15. The summed E-state index contributed by atoms with van der Waals surface area (Å²) in [5.74, 6) is 1.17. The van der Waals surface area contributed by atoms with Gasteiger partial charge in [0.1, 0.15) is 17.7 Å². The van der Waals surface area contributed by atoms with Crippen molar-refractivity contribution in [1.82, 2.24) is 9.97 Å². The number of anilines is 1. The maximum Gasteiger partial charge on any atom is 0.226 e. The van der Waals surface area contributed by atoms with Gasteiger partial charge in [-0.2, -0.15) is 0 Å². The van der Waals surface area contributed by atoms with E-state index >= 15 is 0 Å². The topological polar surface area (TPSA) is 64.3 Å². The number of hydrogen-bond donors (Lipinski definition) is 1. The molecule has 2 aliphatic rings. The van der Waals surface area contributed by atoms with E-state index < -0.39 is 0 Å². The lowest BCUT2D eigenvalue weighted by Gasteiger charge is -2.19. The van der Waals surface area contributed by atoms with Gasteiger partial charge in [-0.25, -0.2) is 14.4 Å². The molecule has 0 radical (unpaired) electrons. The van der Waals surface area contributed by atoms with Crippen LogP contribution < -0.4 is 15.4 Å². The minimum Gasteiger partial charge on any atom is -0.488 e. The molecular formula is C19H23FN4O. The molecule has 25 heavy (non-hydrogen) atoms. The number of rotatable bonds is 3. The van der Waals surface area contributed by atoms with Gasteiger partial charge in [-0.1, -0.05) is 0 Å². The fraction of sp³-hybridized carbons (Fsp3) is 0.474. The number of benzene rings is 1. The first-order valence-corrected chi connectivity index (χ1v) is 8.86. The highest BCUT2D eigenvalue weighted by Gasteiger charge is 2.28. The molecular weight excluding hydrogens is 319 g/mol. The van der Waals surface area contributed by atoms with E-state index in [9.17, 15) is 4.39 Å². The maximum absolute atomic E-state index is 14.2. The molecule has 0 aliphatic carbocycles. The molecule has 1 fully saturated rings. The van der Waals surface area contributed by atoms with E-state index in [1.807, 2.05) is 13.8 Å². The van der Waals surface area contributed by atoms with Crippen molar-refractivity contribution >= 4 is 5.95 Å². The monoisotopic (exact) mass is 342 g/mol. The SMILES string of the molecule is Cc1nc(N2CCCC2)nc(-c2cc(F)cc3c2OC(CN)C3)c1C. The molecule has 0 amide bonds. The minimum atomic E-state index is -0.270. The molecule has 5 nitrogen and oxygen atoms in total. The van der Waals surface area contributed by atoms with Crippen LogP contribution in [0.3, 0.4) is 0 Å². The minimum absolute atomic E-state index is 0.100. The second-order valence-corrected chi connectivity index (χ2v) is 6.90. The summed E-state index contributed by atoms with van der Waals surface area (Å²) >= 11 is 0. The molecule has 4 rings (SSSR count). The van der Waals surface area contributed by atoms with E-state index in [0.29, 0.717) is 24.3 Å². The van der Waals surface area contributed by atoms with Gasteiger partial charge >= 0.3 is 0 Å². The Bertz CT molecular complexity index is 818. The van der Waals surface area contributed by atoms with E-state index in [1.165, 1.54) is 6.07 Å². The summed E-state index contributed by atoms with van der Waals surface area (Å²) in [5.41, 5.74) is 9.94. The lowest BCUT2D eigenvalue weighted by atomic mass is 10.0. The van der Waals surface area contributed by atoms with E-state index in [1.54, 1.807) is 6.07 Å². The lowest BCUT2D eigenvalue weighted by Crippen LogP contribution is -2.24. The van der Waals surface area contributed by atoms with Gasteiger partial charge < -0.3 is 15.4 Å². The van der Waals surface area contributed by atoms with Gasteiger partial charge in [-0.05, 0) is 44.4 Å². The highest BCUT2D eigenvalue weighted by atomic mass is 19.1. The number of aromatic nitrogens is 2. The molecule has 1 saturated heterocycles. The van der Waals surface area contributed by atoms with Crippen LogP contribution >= 0.6 is 0 Å². The predicted octanol–water partition coefficient (Wildman–Crippen LogP) is 2.76. The number of halogens is 1. The van der Waals surface area contributed by atoms with Crippen LogP contribution in [0.25, 0.3) is 11.3 Å². The first-order valence-electron chi connectivity index (χ1n) is 8.86. The molecule has 1 atom stereocenters. The van der Waals surface area contributed by atoms with Crippen molar-refractivity contribution in [1.29, 1.82) is 0 Å². The Labute approximate surface area is 147 Å². The average Bonchev–Trinajstić information content (AvgIpc) is 3.25. The molecule has 132 valence electrons. The van der Waals surface area contributed by atoms with Crippen LogP contribution in [0.5, 0.6) is 5.75 Å². The zero-order valence-electron chi connectivity index (χ0n) is 14.7. The highest BCUT2D eigenvalue weighted by molar-refractivity contribution is 5.74. The fourth-order valence-corrected chi connectivity index (χ4v) is 3.64. The summed E-state index contributed by atoms with van der Waals surface area (Å²) in [6.45, 7) is 6.30. The number of aryl methyl sites for hydroxylation is 1. The smallest absolute Gasteiger partial charge is 0.226 e. The Morgan fingerprint density at radius 1 is 1.24 bits per heavy atom. The Morgan fingerprint density at radius 3 is 2.72 bits per heavy atom. The molecule has 2 aliphatic heterocycles. The second kappa shape index (κ2) is 6.26. The molecule has 6 heteroatoms. The highest BCUT2D eigenvalue weighted by Crippen LogP contribution is 2.40. The molecule has 3 heterocycles. The Balaban J connectivity index is 1.85. The summed E-state index contributed by atoms with van der Waals surface area (Å²) in [6.07, 6.45) is 2.85. The molecule has 2 aromatic rings. The van der Waals surface area contributed by atoms with Crippen LogP contribution in [0.15, 0.2) is 12.1 Å². The zero-order chi connectivity index (χ0) is 17.6. The number of hydrogen-bond acceptors (Lipinski definition) is 5. The summed E-state index contributed by atoms with van der Waals surface area (Å²) in [6, 6.07) is 3.06. The fourth-order valence-electron chi connectivity index (χ4n) is 3.64. The molecule has 1 aromatic heterocycles. The largest absolute Gasteiger partial charge is 0.488 e. The van der Waals surface area contributed by atoms with Crippen molar-refractivity contribution in [2.24, 2.45) is 5.73 Å². The zero-order valence-corrected chi connectivity index (χ0v) is 14.7. The Kier molecular flexibility index (Phi) is 4.07. The number of fused-ring (bicyclic) bond motifs is 1. The van der Waals surface area contributed by atoms with E-state index in [-0.39, 0.29) is 11.9 Å². The summed E-state index contributed by atoms with van der Waals surface area (Å²) in [7, 11) is 0. The third-order valence-corrected chi connectivity index (χ3v) is 5.15. The van der Waals surface area contributed by atoms with Crippen LogP contribution in [0.2, 0.25) is 0 Å². The van der Waals surface area contributed by atoms with Gasteiger partial charge in [0.25, 0.3) is 0 Å². The quantitative estimate of drug-likeness (QED) is 0.929. The number of ether oxygens (including phenoxy) is 1. The summed E-state index contributed by atoms with van der Waals surface area (Å²) < 4.78 is 20.2. The van der Waals surface area contributed by atoms with E-state index in [4.69, 9.17) is 15.5 Å². The van der Waals surface area contributed by atoms with Gasteiger partial charge in [0.15, 0.2) is 0 Å². The molecule has 1 aromatic carbocycles. The number of nitrogens with two attached hydrogens (primary N) is 1.